The number of pyridine rings is 1. The molecule has 72 valence electrons. The summed E-state index contributed by atoms with van der Waals surface area (Å²) in [7, 11) is 0. The Morgan fingerprint density at radius 2 is 2.00 bits per heavy atom. The van der Waals surface area contributed by atoms with Crippen LogP contribution >= 0.6 is 15.9 Å². The van der Waals surface area contributed by atoms with Gasteiger partial charge in [-0.05, 0) is 28.9 Å². The minimum Gasteiger partial charge on any atom is -0.384 e. The predicted molar refractivity (Wildman–Crippen MR) is 46.1 cm³/mol. The zero-order valence-corrected chi connectivity index (χ0v) is 8.20. The van der Waals surface area contributed by atoms with E-state index in [2.05, 4.69) is 20.9 Å². The van der Waals surface area contributed by atoms with E-state index in [0.717, 1.165) is 6.07 Å². The molecule has 6 heteroatoms. The van der Waals surface area contributed by atoms with Crippen LogP contribution in [0.2, 0.25) is 0 Å². The third-order valence-corrected chi connectivity index (χ3v) is 2.45. The lowest BCUT2D eigenvalue weighted by Gasteiger charge is -2.10. The maximum absolute atomic E-state index is 12.3. The molecule has 0 atom stereocenters. The number of alkyl halides is 3. The van der Waals surface area contributed by atoms with Gasteiger partial charge in [0.2, 0.25) is 0 Å². The summed E-state index contributed by atoms with van der Waals surface area (Å²) in [4.78, 5) is 3.68. The van der Waals surface area contributed by atoms with E-state index in [1.165, 1.54) is 6.92 Å². The van der Waals surface area contributed by atoms with Gasteiger partial charge in [-0.1, -0.05) is 0 Å². The van der Waals surface area contributed by atoms with E-state index in [-0.39, 0.29) is 16.0 Å². The van der Waals surface area contributed by atoms with Crippen molar-refractivity contribution in [1.29, 1.82) is 0 Å². The van der Waals surface area contributed by atoms with E-state index in [0.29, 0.717) is 0 Å². The maximum Gasteiger partial charge on any atom is 0.417 e. The van der Waals surface area contributed by atoms with Crippen molar-refractivity contribution in [3.63, 3.8) is 0 Å². The van der Waals surface area contributed by atoms with Gasteiger partial charge in [0.25, 0.3) is 0 Å². The molecule has 1 aromatic heterocycles. The van der Waals surface area contributed by atoms with Gasteiger partial charge in [-0.3, -0.25) is 0 Å². The van der Waals surface area contributed by atoms with Crippen molar-refractivity contribution in [2.24, 2.45) is 0 Å². The summed E-state index contributed by atoms with van der Waals surface area (Å²) in [6.45, 7) is 1.45. The summed E-state index contributed by atoms with van der Waals surface area (Å²) in [5, 5.41) is 0. The number of hydrogen-bond acceptors (Lipinski definition) is 2. The molecule has 0 radical (unpaired) electrons. The van der Waals surface area contributed by atoms with Gasteiger partial charge < -0.3 is 5.73 Å². The first-order valence-electron chi connectivity index (χ1n) is 3.32. The van der Waals surface area contributed by atoms with E-state index in [1.807, 2.05) is 0 Å². The lowest BCUT2D eigenvalue weighted by atomic mass is 10.2. The van der Waals surface area contributed by atoms with Crippen LogP contribution in [0.25, 0.3) is 0 Å². The third-order valence-electron chi connectivity index (χ3n) is 1.45. The Bertz CT molecular complexity index is 335. The van der Waals surface area contributed by atoms with E-state index in [1.54, 1.807) is 0 Å². The molecular weight excluding hydrogens is 249 g/mol. The normalized spacial score (nSPS) is 11.8. The van der Waals surface area contributed by atoms with Crippen LogP contribution < -0.4 is 5.73 Å². The quantitative estimate of drug-likeness (QED) is 0.774. The molecule has 0 saturated carbocycles. The minimum atomic E-state index is -4.40. The number of anilines is 1. The topological polar surface area (TPSA) is 38.9 Å². The van der Waals surface area contributed by atoms with Crippen molar-refractivity contribution in [3.8, 4) is 0 Å². The molecule has 0 aliphatic rings. The van der Waals surface area contributed by atoms with Crippen LogP contribution in [-0.4, -0.2) is 4.98 Å². The Hall–Kier alpha value is -0.780. The average Bonchev–Trinajstić information content (AvgIpc) is 1.94. The second-order valence-electron chi connectivity index (χ2n) is 2.49. The summed E-state index contributed by atoms with van der Waals surface area (Å²) >= 11 is 2.81. The van der Waals surface area contributed by atoms with Gasteiger partial charge in [-0.15, -0.1) is 0 Å². The highest BCUT2D eigenvalue weighted by molar-refractivity contribution is 9.10. The highest BCUT2D eigenvalue weighted by Crippen LogP contribution is 2.36. The molecule has 0 aromatic carbocycles. The Morgan fingerprint density at radius 1 is 1.46 bits per heavy atom. The average molecular weight is 255 g/mol. The van der Waals surface area contributed by atoms with Gasteiger partial charge in [-0.2, -0.15) is 13.2 Å². The van der Waals surface area contributed by atoms with Crippen molar-refractivity contribution in [3.05, 3.63) is 21.8 Å². The smallest absolute Gasteiger partial charge is 0.384 e. The monoisotopic (exact) mass is 254 g/mol. The summed E-state index contributed by atoms with van der Waals surface area (Å²) in [6.07, 6.45) is -4.40. The van der Waals surface area contributed by atoms with Gasteiger partial charge in [0.1, 0.15) is 5.82 Å². The van der Waals surface area contributed by atoms with Crippen LogP contribution in [0.1, 0.15) is 11.3 Å². The van der Waals surface area contributed by atoms with E-state index >= 15 is 0 Å². The molecule has 0 bridgehead atoms. The molecule has 0 aliphatic heterocycles. The van der Waals surface area contributed by atoms with E-state index in [4.69, 9.17) is 5.73 Å². The van der Waals surface area contributed by atoms with E-state index < -0.39 is 11.7 Å². The molecule has 2 N–H and O–H groups in total. The van der Waals surface area contributed by atoms with Gasteiger partial charge in [0.15, 0.2) is 0 Å². The Morgan fingerprint density at radius 3 is 2.46 bits per heavy atom. The summed E-state index contributed by atoms with van der Waals surface area (Å²) < 4.78 is 36.8. The summed E-state index contributed by atoms with van der Waals surface area (Å²) in [5.74, 6) is -0.131. The van der Waals surface area contributed by atoms with Crippen LogP contribution in [0.5, 0.6) is 0 Å². The van der Waals surface area contributed by atoms with Gasteiger partial charge in [0, 0.05) is 0 Å². The largest absolute Gasteiger partial charge is 0.417 e. The fourth-order valence-electron chi connectivity index (χ4n) is 0.887. The molecule has 13 heavy (non-hydrogen) atoms. The summed E-state index contributed by atoms with van der Waals surface area (Å²) in [6, 6.07) is 0.803. The van der Waals surface area contributed by atoms with Crippen molar-refractivity contribution in [2.45, 2.75) is 13.1 Å². The van der Waals surface area contributed by atoms with Gasteiger partial charge in [-0.25, -0.2) is 4.98 Å². The molecule has 0 amide bonds. The Kier molecular flexibility index (Phi) is 2.51. The number of nitrogens with two attached hydrogens (primary N) is 1. The lowest BCUT2D eigenvalue weighted by Crippen LogP contribution is -2.09. The number of rotatable bonds is 0. The minimum absolute atomic E-state index is 0.0609. The number of nitrogen functional groups attached to an aromatic ring is 1. The fourth-order valence-corrected chi connectivity index (χ4v) is 1.32. The Labute approximate surface area is 81.1 Å². The van der Waals surface area contributed by atoms with Crippen LogP contribution in [0.15, 0.2) is 10.5 Å². The van der Waals surface area contributed by atoms with Crippen molar-refractivity contribution in [1.82, 2.24) is 4.98 Å². The molecule has 0 spiro atoms. The highest BCUT2D eigenvalue weighted by atomic mass is 79.9. The third kappa shape index (κ3) is 2.12. The van der Waals surface area contributed by atoms with Crippen LogP contribution in [0.3, 0.4) is 0 Å². The zero-order chi connectivity index (χ0) is 10.2. The first-order valence-corrected chi connectivity index (χ1v) is 4.11. The molecule has 1 rings (SSSR count). The van der Waals surface area contributed by atoms with Gasteiger partial charge >= 0.3 is 6.18 Å². The first-order chi connectivity index (χ1) is 5.82. The zero-order valence-electron chi connectivity index (χ0n) is 6.61. The molecule has 0 saturated heterocycles. The molecule has 0 fully saturated rings. The van der Waals surface area contributed by atoms with Crippen LogP contribution in [0, 0.1) is 6.92 Å². The SMILES string of the molecule is Cc1nc(N)cc(C(F)(F)F)c1Br. The Balaban J connectivity index is 3.37. The fraction of sp³-hybridized carbons (Fsp3) is 0.286. The van der Waals surface area contributed by atoms with Gasteiger partial charge in [0.05, 0.1) is 15.7 Å². The van der Waals surface area contributed by atoms with Crippen molar-refractivity contribution >= 4 is 21.7 Å². The van der Waals surface area contributed by atoms with E-state index in [9.17, 15) is 13.2 Å². The number of nitrogens with zero attached hydrogens (tertiary/aromatic N) is 1. The molecule has 0 aliphatic carbocycles. The number of hydrogen-bond donors (Lipinski definition) is 1. The lowest BCUT2D eigenvalue weighted by molar-refractivity contribution is -0.138. The molecule has 1 aromatic rings. The number of halogens is 4. The second-order valence-corrected chi connectivity index (χ2v) is 3.28. The van der Waals surface area contributed by atoms with Crippen LogP contribution in [0.4, 0.5) is 19.0 Å². The molecule has 0 unspecified atom stereocenters. The molecular formula is C7H6BrF3N2. The van der Waals surface area contributed by atoms with Crippen molar-refractivity contribution < 1.29 is 13.2 Å². The summed E-state index contributed by atoms with van der Waals surface area (Å²) in [5.41, 5.74) is 4.63. The predicted octanol–water partition coefficient (Wildman–Crippen LogP) is 2.75. The number of aryl methyl sites for hydroxylation is 1. The second kappa shape index (κ2) is 3.17. The molecule has 1 heterocycles. The standard InChI is InChI=1S/C7H6BrF3N2/c1-3-6(8)4(7(9,10)11)2-5(12)13-3/h2H,1H3,(H2,12,13). The first kappa shape index (κ1) is 10.3. The molecule has 2 nitrogen and oxygen atoms in total. The highest BCUT2D eigenvalue weighted by Gasteiger charge is 2.34. The van der Waals surface area contributed by atoms with Crippen molar-refractivity contribution in [2.75, 3.05) is 5.73 Å². The van der Waals surface area contributed by atoms with Crippen LogP contribution in [-0.2, 0) is 6.18 Å². The maximum atomic E-state index is 12.3. The number of aromatic nitrogens is 1.